The second kappa shape index (κ2) is 9.08. The quantitative estimate of drug-likeness (QED) is 0.501. The number of pyridine rings is 2. The molecule has 0 saturated carbocycles. The summed E-state index contributed by atoms with van der Waals surface area (Å²) in [6.45, 7) is 9.25. The Labute approximate surface area is 196 Å². The van der Waals surface area contributed by atoms with E-state index >= 15 is 0 Å². The van der Waals surface area contributed by atoms with Gasteiger partial charge in [0.25, 0.3) is 0 Å². The number of sulfone groups is 1. The van der Waals surface area contributed by atoms with Crippen LogP contribution in [0, 0.1) is 11.8 Å². The highest BCUT2D eigenvalue weighted by atomic mass is 32.2. The van der Waals surface area contributed by atoms with Crippen LogP contribution in [0.4, 0.5) is 14.6 Å². The van der Waals surface area contributed by atoms with E-state index in [4.69, 9.17) is 10.5 Å². The number of fused-ring (bicyclic) bond motifs is 1. The molecule has 4 heterocycles. The molecular weight excluding hydrogens is 466 g/mol. The molecule has 12 heteroatoms. The number of nitrogens with zero attached hydrogens (tertiary/aromatic N) is 4. The highest BCUT2D eigenvalue weighted by Gasteiger charge is 2.34. The van der Waals surface area contributed by atoms with Gasteiger partial charge in [-0.05, 0) is 26.8 Å². The van der Waals surface area contributed by atoms with E-state index in [2.05, 4.69) is 20.2 Å². The van der Waals surface area contributed by atoms with Gasteiger partial charge in [-0.3, -0.25) is 9.30 Å². The first kappa shape index (κ1) is 24.3. The smallest absolute Gasteiger partial charge is 0.224 e. The number of imidazole rings is 1. The summed E-state index contributed by atoms with van der Waals surface area (Å²) in [7, 11) is -3.86. The zero-order valence-corrected chi connectivity index (χ0v) is 20.1. The van der Waals surface area contributed by atoms with Gasteiger partial charge in [-0.2, -0.15) is 9.37 Å². The van der Waals surface area contributed by atoms with E-state index in [1.165, 1.54) is 22.9 Å². The molecule has 4 rings (SSSR count). The Balaban J connectivity index is 1.78. The summed E-state index contributed by atoms with van der Waals surface area (Å²) in [6.07, 6.45) is 2.66. The molecule has 3 aromatic heterocycles. The monoisotopic (exact) mass is 494 g/mol. The van der Waals surface area contributed by atoms with Crippen molar-refractivity contribution in [1.82, 2.24) is 24.6 Å². The predicted octanol–water partition coefficient (Wildman–Crippen LogP) is 2.11. The van der Waals surface area contributed by atoms with E-state index in [1.807, 2.05) is 0 Å². The van der Waals surface area contributed by atoms with Crippen LogP contribution in [0.15, 0.2) is 29.4 Å². The van der Waals surface area contributed by atoms with Gasteiger partial charge in [0.2, 0.25) is 5.95 Å². The second-order valence-electron chi connectivity index (χ2n) is 9.12. The van der Waals surface area contributed by atoms with E-state index in [1.54, 1.807) is 20.8 Å². The van der Waals surface area contributed by atoms with Gasteiger partial charge in [0.1, 0.15) is 22.9 Å². The maximum Gasteiger partial charge on any atom is 0.224 e. The molecular formula is C22H28F2N6O3S. The number of hydrogen-bond donors (Lipinski definition) is 2. The van der Waals surface area contributed by atoms with Crippen molar-refractivity contribution in [2.75, 3.05) is 45.1 Å². The minimum absolute atomic E-state index is 0.0589. The van der Waals surface area contributed by atoms with Gasteiger partial charge >= 0.3 is 0 Å². The van der Waals surface area contributed by atoms with E-state index in [0.29, 0.717) is 12.2 Å². The molecule has 0 radical (unpaired) electrons. The maximum atomic E-state index is 14.5. The first-order valence-corrected chi connectivity index (χ1v) is 12.4. The van der Waals surface area contributed by atoms with Crippen molar-refractivity contribution in [2.24, 2.45) is 0 Å². The normalized spacial score (nSPS) is 15.7. The third-order valence-corrected chi connectivity index (χ3v) is 8.28. The fraction of sp³-hybridized carbons (Fsp3) is 0.455. The summed E-state index contributed by atoms with van der Waals surface area (Å²) >= 11 is 0. The van der Waals surface area contributed by atoms with Crippen LogP contribution >= 0.6 is 0 Å². The zero-order valence-electron chi connectivity index (χ0n) is 19.3. The zero-order chi connectivity index (χ0) is 24.7. The van der Waals surface area contributed by atoms with Crippen molar-refractivity contribution in [3.8, 4) is 17.0 Å². The second-order valence-corrected chi connectivity index (χ2v) is 11.8. The molecule has 0 aromatic carbocycles. The summed E-state index contributed by atoms with van der Waals surface area (Å²) in [6, 6.07) is 2.41. The molecule has 1 fully saturated rings. The Morgan fingerprint density at radius 1 is 1.21 bits per heavy atom. The van der Waals surface area contributed by atoms with Crippen LogP contribution in [0.2, 0.25) is 0 Å². The number of rotatable bonds is 6. The number of anilines is 1. The van der Waals surface area contributed by atoms with Gasteiger partial charge < -0.3 is 15.8 Å². The largest absolute Gasteiger partial charge is 0.491 e. The molecule has 0 amide bonds. The fourth-order valence-corrected chi connectivity index (χ4v) is 5.00. The Morgan fingerprint density at radius 2 is 1.91 bits per heavy atom. The molecule has 0 spiro atoms. The van der Waals surface area contributed by atoms with Gasteiger partial charge in [0.05, 0.1) is 22.2 Å². The minimum Gasteiger partial charge on any atom is -0.491 e. The van der Waals surface area contributed by atoms with Gasteiger partial charge in [0, 0.05) is 45.0 Å². The molecule has 9 nitrogen and oxygen atoms in total. The third-order valence-electron chi connectivity index (χ3n) is 5.78. The summed E-state index contributed by atoms with van der Waals surface area (Å²) in [5.41, 5.74) is 5.62. The number of aromatic nitrogens is 3. The third kappa shape index (κ3) is 4.57. The summed E-state index contributed by atoms with van der Waals surface area (Å²) in [5, 5.41) is 3.28. The van der Waals surface area contributed by atoms with Gasteiger partial charge in [-0.1, -0.05) is 0 Å². The first-order valence-electron chi connectivity index (χ1n) is 10.9. The fourth-order valence-electron chi connectivity index (χ4n) is 3.71. The Morgan fingerprint density at radius 3 is 2.59 bits per heavy atom. The average molecular weight is 495 g/mol. The molecule has 3 N–H and O–H groups in total. The van der Waals surface area contributed by atoms with Crippen molar-refractivity contribution in [2.45, 2.75) is 30.4 Å². The number of halogens is 2. The first-order chi connectivity index (χ1) is 16.0. The number of nitrogens with two attached hydrogens (primary N) is 1. The topological polar surface area (TPSA) is 115 Å². The van der Waals surface area contributed by atoms with Crippen molar-refractivity contribution >= 4 is 21.3 Å². The van der Waals surface area contributed by atoms with Gasteiger partial charge in [-0.25, -0.2) is 17.8 Å². The number of ether oxygens (including phenoxy) is 1. The lowest BCUT2D eigenvalue weighted by molar-refractivity contribution is 0.189. The SMILES string of the molecule is CC(C)(C)S(=O)(=O)c1cn2c(-c3cc(F)c(N)nc3F)cnc2cc1OCCN1CCNCC1. The van der Waals surface area contributed by atoms with Crippen LogP contribution in [0.5, 0.6) is 5.75 Å². The number of nitrogens with one attached hydrogen (secondary N) is 1. The molecule has 0 atom stereocenters. The predicted molar refractivity (Wildman–Crippen MR) is 124 cm³/mol. The molecule has 1 aliphatic rings. The lowest BCUT2D eigenvalue weighted by Crippen LogP contribution is -2.44. The van der Waals surface area contributed by atoms with Crippen LogP contribution < -0.4 is 15.8 Å². The Bertz CT molecular complexity index is 1310. The number of piperazine rings is 1. The van der Waals surface area contributed by atoms with E-state index < -0.39 is 32.2 Å². The van der Waals surface area contributed by atoms with Gasteiger partial charge in [0.15, 0.2) is 21.5 Å². The maximum absolute atomic E-state index is 14.5. The number of hydrogen-bond acceptors (Lipinski definition) is 8. The van der Waals surface area contributed by atoms with Crippen LogP contribution in [-0.4, -0.2) is 71.8 Å². The number of nitrogen functional groups attached to an aromatic ring is 1. The lowest BCUT2D eigenvalue weighted by atomic mass is 10.2. The Kier molecular flexibility index (Phi) is 6.49. The molecule has 0 bridgehead atoms. The van der Waals surface area contributed by atoms with E-state index in [-0.39, 0.29) is 28.5 Å². The van der Waals surface area contributed by atoms with Crippen molar-refractivity contribution in [1.29, 1.82) is 0 Å². The van der Waals surface area contributed by atoms with Crippen LogP contribution in [0.25, 0.3) is 16.9 Å². The molecule has 0 aliphatic carbocycles. The minimum atomic E-state index is -3.86. The van der Waals surface area contributed by atoms with E-state index in [9.17, 15) is 17.2 Å². The van der Waals surface area contributed by atoms with Crippen LogP contribution in [-0.2, 0) is 9.84 Å². The van der Waals surface area contributed by atoms with Crippen LogP contribution in [0.1, 0.15) is 20.8 Å². The standard InChI is InChI=1S/C22H28F2N6O3S/c1-22(2,3)34(31,32)18-13-30-16(14-10-15(23)21(25)28-20(14)24)12-27-19(30)11-17(18)33-9-8-29-6-4-26-5-7-29/h10-13,26H,4-9H2,1-3H3,(H2,25,28). The molecule has 34 heavy (non-hydrogen) atoms. The molecule has 1 aliphatic heterocycles. The Hall–Kier alpha value is -2.83. The highest BCUT2D eigenvalue weighted by Crippen LogP contribution is 2.35. The molecule has 1 saturated heterocycles. The average Bonchev–Trinajstić information content (AvgIpc) is 3.18. The summed E-state index contributed by atoms with van der Waals surface area (Å²) in [5.74, 6) is -2.28. The lowest BCUT2D eigenvalue weighted by Gasteiger charge is -2.27. The molecule has 0 unspecified atom stereocenters. The van der Waals surface area contributed by atoms with Crippen LogP contribution in [0.3, 0.4) is 0 Å². The summed E-state index contributed by atoms with van der Waals surface area (Å²) in [4.78, 5) is 9.81. The van der Waals surface area contributed by atoms with E-state index in [0.717, 1.165) is 32.2 Å². The van der Waals surface area contributed by atoms with Crippen molar-refractivity contribution in [3.63, 3.8) is 0 Å². The highest BCUT2D eigenvalue weighted by molar-refractivity contribution is 7.92. The molecule has 184 valence electrons. The van der Waals surface area contributed by atoms with Crippen molar-refractivity contribution < 1.29 is 21.9 Å². The summed E-state index contributed by atoms with van der Waals surface area (Å²) < 4.78 is 61.6. The van der Waals surface area contributed by atoms with Crippen molar-refractivity contribution in [3.05, 3.63) is 36.3 Å². The van der Waals surface area contributed by atoms with Gasteiger partial charge in [-0.15, -0.1) is 0 Å². The molecule has 3 aromatic rings.